The Balaban J connectivity index is 2.87. The van der Waals surface area contributed by atoms with Gasteiger partial charge in [-0.1, -0.05) is 12.1 Å². The molecular weight excluding hydrogens is 322 g/mol. The number of benzene rings is 1. The van der Waals surface area contributed by atoms with Crippen LogP contribution in [0.5, 0.6) is 5.75 Å². The Morgan fingerprint density at radius 3 is 2.30 bits per heavy atom. The summed E-state index contributed by atoms with van der Waals surface area (Å²) in [6.45, 7) is 3.68. The fourth-order valence-corrected chi connectivity index (χ4v) is 2.43. The number of rotatable bonds is 8. The van der Waals surface area contributed by atoms with E-state index in [0.29, 0.717) is 0 Å². The summed E-state index contributed by atoms with van der Waals surface area (Å²) in [6.07, 6.45) is 1.07. The Morgan fingerprint density at radius 1 is 1.22 bits per heavy atom. The fraction of sp³-hybridized carbons (Fsp3) is 0.467. The highest BCUT2D eigenvalue weighted by atomic mass is 32.2. The molecule has 0 aromatic heterocycles. The number of ether oxygens (including phenoxy) is 1. The van der Waals surface area contributed by atoms with Gasteiger partial charge in [0.2, 0.25) is 5.91 Å². The summed E-state index contributed by atoms with van der Waals surface area (Å²) in [5.41, 5.74) is 0.771. The minimum absolute atomic E-state index is 0.112. The third kappa shape index (κ3) is 7.64. The van der Waals surface area contributed by atoms with E-state index in [0.717, 1.165) is 11.8 Å². The summed E-state index contributed by atoms with van der Waals surface area (Å²) in [7, 11) is -3.59. The zero-order valence-corrected chi connectivity index (χ0v) is 14.2. The zero-order valence-electron chi connectivity index (χ0n) is 13.4. The summed E-state index contributed by atoms with van der Waals surface area (Å²) in [6, 6.07) is 6.32. The molecular formula is C15H21NO6S. The smallest absolute Gasteiger partial charge is 0.306 e. The van der Waals surface area contributed by atoms with Crippen molar-refractivity contribution in [2.24, 2.45) is 0 Å². The SMILES string of the molecule is CCOC(=O)CC(CNC(C)=O)c1ccc(OS(C)(=O)=O)cc1. The summed E-state index contributed by atoms with van der Waals surface area (Å²) < 4.78 is 31.9. The van der Waals surface area contributed by atoms with Crippen molar-refractivity contribution >= 4 is 22.0 Å². The number of hydrogen-bond donors (Lipinski definition) is 1. The molecule has 0 saturated heterocycles. The molecule has 1 N–H and O–H groups in total. The molecule has 1 atom stereocenters. The fourth-order valence-electron chi connectivity index (χ4n) is 1.97. The molecule has 0 bridgehead atoms. The summed E-state index contributed by atoms with van der Waals surface area (Å²) >= 11 is 0. The van der Waals surface area contributed by atoms with E-state index < -0.39 is 10.1 Å². The molecule has 0 fully saturated rings. The molecule has 0 saturated carbocycles. The van der Waals surface area contributed by atoms with Crippen LogP contribution in [0.3, 0.4) is 0 Å². The summed E-state index contributed by atoms with van der Waals surface area (Å²) in [4.78, 5) is 22.8. The molecule has 1 aromatic carbocycles. The van der Waals surface area contributed by atoms with Crippen molar-refractivity contribution in [1.82, 2.24) is 5.32 Å². The van der Waals surface area contributed by atoms with E-state index >= 15 is 0 Å². The Labute approximate surface area is 136 Å². The second-order valence-corrected chi connectivity index (χ2v) is 6.57. The van der Waals surface area contributed by atoms with Gasteiger partial charge in [-0.25, -0.2) is 0 Å². The van der Waals surface area contributed by atoms with Crippen molar-refractivity contribution in [3.63, 3.8) is 0 Å². The molecule has 0 aliphatic rings. The molecule has 7 nitrogen and oxygen atoms in total. The maximum absolute atomic E-state index is 11.7. The van der Waals surface area contributed by atoms with Crippen LogP contribution >= 0.6 is 0 Å². The van der Waals surface area contributed by atoms with Crippen LogP contribution in [0.15, 0.2) is 24.3 Å². The normalized spacial score (nSPS) is 12.3. The Hall–Kier alpha value is -2.09. The van der Waals surface area contributed by atoms with Gasteiger partial charge < -0.3 is 14.2 Å². The lowest BCUT2D eigenvalue weighted by Crippen LogP contribution is -2.27. The van der Waals surface area contributed by atoms with E-state index in [2.05, 4.69) is 5.32 Å². The standard InChI is InChI=1S/C15H21NO6S/c1-4-21-15(18)9-13(10-16-11(2)17)12-5-7-14(8-6-12)22-23(3,19)20/h5-8,13H,4,9-10H2,1-3H3,(H,16,17). The first-order valence-electron chi connectivity index (χ1n) is 7.10. The number of nitrogens with one attached hydrogen (secondary N) is 1. The topological polar surface area (TPSA) is 98.8 Å². The first-order chi connectivity index (χ1) is 10.7. The highest BCUT2D eigenvalue weighted by Crippen LogP contribution is 2.23. The first-order valence-corrected chi connectivity index (χ1v) is 8.92. The average molecular weight is 343 g/mol. The molecule has 0 aliphatic carbocycles. The summed E-state index contributed by atoms with van der Waals surface area (Å²) in [5.74, 6) is -0.647. The van der Waals surface area contributed by atoms with Crippen LogP contribution < -0.4 is 9.50 Å². The van der Waals surface area contributed by atoms with Crippen LogP contribution in [-0.2, 0) is 24.4 Å². The van der Waals surface area contributed by atoms with Crippen molar-refractivity contribution < 1.29 is 26.9 Å². The van der Waals surface area contributed by atoms with Crippen molar-refractivity contribution in [3.8, 4) is 5.75 Å². The second kappa shape index (κ2) is 8.52. The van der Waals surface area contributed by atoms with Gasteiger partial charge in [0.15, 0.2) is 0 Å². The minimum atomic E-state index is -3.59. The van der Waals surface area contributed by atoms with E-state index in [1.54, 1.807) is 19.1 Å². The molecule has 0 aliphatic heterocycles. The van der Waals surface area contributed by atoms with Gasteiger partial charge in [0.1, 0.15) is 5.75 Å². The molecule has 1 amide bonds. The molecule has 1 rings (SSSR count). The molecule has 1 aromatic rings. The van der Waals surface area contributed by atoms with Gasteiger partial charge in [-0.15, -0.1) is 0 Å². The highest BCUT2D eigenvalue weighted by Gasteiger charge is 2.18. The quantitative estimate of drug-likeness (QED) is 0.562. The van der Waals surface area contributed by atoms with E-state index in [1.165, 1.54) is 19.1 Å². The van der Waals surface area contributed by atoms with E-state index in [-0.39, 0.29) is 43.1 Å². The van der Waals surface area contributed by atoms with Crippen molar-refractivity contribution in [3.05, 3.63) is 29.8 Å². The summed E-state index contributed by atoms with van der Waals surface area (Å²) in [5, 5.41) is 2.67. The van der Waals surface area contributed by atoms with Gasteiger partial charge in [-0.05, 0) is 24.6 Å². The van der Waals surface area contributed by atoms with Crippen LogP contribution in [0.25, 0.3) is 0 Å². The van der Waals surface area contributed by atoms with Gasteiger partial charge >= 0.3 is 16.1 Å². The van der Waals surface area contributed by atoms with E-state index in [9.17, 15) is 18.0 Å². The van der Waals surface area contributed by atoms with E-state index in [4.69, 9.17) is 8.92 Å². The lowest BCUT2D eigenvalue weighted by molar-refractivity contribution is -0.143. The van der Waals surface area contributed by atoms with Crippen LogP contribution in [-0.4, -0.2) is 39.7 Å². The van der Waals surface area contributed by atoms with Crippen LogP contribution in [0.4, 0.5) is 0 Å². The van der Waals surface area contributed by atoms with Crippen molar-refractivity contribution in [2.45, 2.75) is 26.2 Å². The van der Waals surface area contributed by atoms with Crippen LogP contribution in [0.1, 0.15) is 31.7 Å². The zero-order chi connectivity index (χ0) is 17.5. The maximum Gasteiger partial charge on any atom is 0.306 e. The lowest BCUT2D eigenvalue weighted by atomic mass is 9.95. The molecule has 8 heteroatoms. The first kappa shape index (κ1) is 19.0. The predicted octanol–water partition coefficient (Wildman–Crippen LogP) is 1.20. The Kier molecular flexibility index (Phi) is 7.02. The van der Waals surface area contributed by atoms with Gasteiger partial charge in [0, 0.05) is 19.4 Å². The lowest BCUT2D eigenvalue weighted by Gasteiger charge is -2.17. The van der Waals surface area contributed by atoms with Crippen LogP contribution in [0.2, 0.25) is 0 Å². The van der Waals surface area contributed by atoms with E-state index in [1.807, 2.05) is 0 Å². The van der Waals surface area contributed by atoms with Crippen LogP contribution in [0, 0.1) is 0 Å². The van der Waals surface area contributed by atoms with Gasteiger partial charge in [0.05, 0.1) is 19.3 Å². The third-order valence-corrected chi connectivity index (χ3v) is 3.41. The molecule has 1 unspecified atom stereocenters. The average Bonchev–Trinajstić information content (AvgIpc) is 2.43. The van der Waals surface area contributed by atoms with Crippen molar-refractivity contribution in [2.75, 3.05) is 19.4 Å². The maximum atomic E-state index is 11.7. The Morgan fingerprint density at radius 2 is 1.83 bits per heavy atom. The molecule has 0 radical (unpaired) electrons. The highest BCUT2D eigenvalue weighted by molar-refractivity contribution is 7.86. The molecule has 23 heavy (non-hydrogen) atoms. The van der Waals surface area contributed by atoms with Gasteiger partial charge in [0.25, 0.3) is 0 Å². The minimum Gasteiger partial charge on any atom is -0.466 e. The number of esters is 1. The monoisotopic (exact) mass is 343 g/mol. The largest absolute Gasteiger partial charge is 0.466 e. The number of carbonyl (C=O) groups is 2. The Bertz CT molecular complexity index is 638. The predicted molar refractivity (Wildman–Crippen MR) is 84.6 cm³/mol. The molecule has 0 spiro atoms. The third-order valence-electron chi connectivity index (χ3n) is 2.91. The van der Waals surface area contributed by atoms with Gasteiger partial charge in [-0.2, -0.15) is 8.42 Å². The van der Waals surface area contributed by atoms with Crippen molar-refractivity contribution in [1.29, 1.82) is 0 Å². The van der Waals surface area contributed by atoms with Gasteiger partial charge in [-0.3, -0.25) is 9.59 Å². The second-order valence-electron chi connectivity index (χ2n) is 5.00. The number of hydrogen-bond acceptors (Lipinski definition) is 6. The number of carbonyl (C=O) groups excluding carboxylic acids is 2. The number of amides is 1. The molecule has 0 heterocycles. The molecule has 128 valence electrons.